The summed E-state index contributed by atoms with van der Waals surface area (Å²) in [5.41, 5.74) is -0.171. The number of rotatable bonds is 3. The molecular weight excluding hydrogens is 221 g/mol. The molecule has 1 aliphatic carbocycles. The van der Waals surface area contributed by atoms with Crippen LogP contribution in [0.2, 0.25) is 0 Å². The van der Waals surface area contributed by atoms with Crippen LogP contribution in [0.5, 0.6) is 5.75 Å². The van der Waals surface area contributed by atoms with Gasteiger partial charge in [0, 0.05) is 0 Å². The van der Waals surface area contributed by atoms with E-state index >= 15 is 0 Å². The molecule has 1 aliphatic rings. The number of halogens is 3. The second-order valence-corrected chi connectivity index (χ2v) is 3.83. The van der Waals surface area contributed by atoms with Crippen molar-refractivity contribution < 1.29 is 23.0 Å². The molecule has 1 unspecified atom stereocenters. The van der Waals surface area contributed by atoms with Crippen molar-refractivity contribution in [1.29, 1.82) is 0 Å². The lowest BCUT2D eigenvalue weighted by Gasteiger charge is -2.15. The summed E-state index contributed by atoms with van der Waals surface area (Å²) in [6.07, 6.45) is -4.86. The smallest absolute Gasteiger partial charge is 0.418 e. The van der Waals surface area contributed by atoms with E-state index in [1.54, 1.807) is 0 Å². The van der Waals surface area contributed by atoms with Crippen molar-refractivity contribution in [3.63, 3.8) is 0 Å². The molecule has 0 aliphatic heterocycles. The first-order valence-electron chi connectivity index (χ1n) is 4.98. The molecule has 88 valence electrons. The summed E-state index contributed by atoms with van der Waals surface area (Å²) in [4.78, 5) is 0. The number of ether oxygens (including phenoxy) is 1. The Hall–Kier alpha value is -1.23. The zero-order valence-electron chi connectivity index (χ0n) is 8.37. The molecule has 0 bridgehead atoms. The summed E-state index contributed by atoms with van der Waals surface area (Å²) in [7, 11) is 0. The Labute approximate surface area is 90.7 Å². The highest BCUT2D eigenvalue weighted by Gasteiger charge is 2.39. The molecule has 1 aromatic rings. The third-order valence-electron chi connectivity index (χ3n) is 2.33. The van der Waals surface area contributed by atoms with Gasteiger partial charge < -0.3 is 9.84 Å². The van der Waals surface area contributed by atoms with E-state index < -0.39 is 12.3 Å². The highest BCUT2D eigenvalue weighted by atomic mass is 19.4. The molecule has 1 fully saturated rings. The van der Waals surface area contributed by atoms with Gasteiger partial charge in [-0.05, 0) is 30.5 Å². The lowest BCUT2D eigenvalue weighted by atomic mass is 10.1. The van der Waals surface area contributed by atoms with Gasteiger partial charge in [-0.1, -0.05) is 12.1 Å². The van der Waals surface area contributed by atoms with E-state index in [2.05, 4.69) is 0 Å². The molecule has 0 radical (unpaired) electrons. The topological polar surface area (TPSA) is 29.5 Å². The summed E-state index contributed by atoms with van der Waals surface area (Å²) < 4.78 is 41.9. The minimum Gasteiger partial charge on any atom is -0.490 e. The fourth-order valence-electron chi connectivity index (χ4n) is 1.30. The molecule has 2 nitrogen and oxygen atoms in total. The van der Waals surface area contributed by atoms with Gasteiger partial charge in [-0.15, -0.1) is 0 Å². The minimum absolute atomic E-state index is 0.171. The Balaban J connectivity index is 2.05. The van der Waals surface area contributed by atoms with Crippen molar-refractivity contribution >= 4 is 0 Å². The molecule has 1 atom stereocenters. The Morgan fingerprint density at radius 2 is 1.75 bits per heavy atom. The molecule has 0 spiro atoms. The largest absolute Gasteiger partial charge is 0.490 e. The molecule has 0 amide bonds. The average Bonchev–Trinajstić information content (AvgIpc) is 3.00. The average molecular weight is 232 g/mol. The number of benzene rings is 1. The maximum atomic E-state index is 12.2. The molecule has 1 N–H and O–H groups in total. The van der Waals surface area contributed by atoms with Gasteiger partial charge in [0.2, 0.25) is 0 Å². The maximum Gasteiger partial charge on any atom is 0.418 e. The molecule has 0 aromatic heterocycles. The van der Waals surface area contributed by atoms with Crippen molar-refractivity contribution in [2.24, 2.45) is 0 Å². The second kappa shape index (κ2) is 3.97. The van der Waals surface area contributed by atoms with Crippen LogP contribution >= 0.6 is 0 Å². The van der Waals surface area contributed by atoms with Crippen LogP contribution < -0.4 is 4.74 Å². The molecule has 1 saturated carbocycles. The van der Waals surface area contributed by atoms with E-state index in [0.717, 1.165) is 12.8 Å². The SMILES string of the molecule is OC(c1ccc(OC2CC2)cc1)C(F)(F)F. The Bertz CT molecular complexity index is 354. The van der Waals surface area contributed by atoms with Gasteiger partial charge >= 0.3 is 6.18 Å². The third-order valence-corrected chi connectivity index (χ3v) is 2.33. The van der Waals surface area contributed by atoms with Gasteiger partial charge in [0.15, 0.2) is 6.10 Å². The van der Waals surface area contributed by atoms with Crippen molar-refractivity contribution in [2.45, 2.75) is 31.2 Å². The summed E-state index contributed by atoms with van der Waals surface area (Å²) in [6, 6.07) is 5.36. The Morgan fingerprint density at radius 1 is 1.19 bits per heavy atom. The summed E-state index contributed by atoms with van der Waals surface area (Å²) >= 11 is 0. The van der Waals surface area contributed by atoms with E-state index in [9.17, 15) is 13.2 Å². The third kappa shape index (κ3) is 2.66. The number of hydrogen-bond donors (Lipinski definition) is 1. The van der Waals surface area contributed by atoms with Gasteiger partial charge in [-0.25, -0.2) is 0 Å². The Kier molecular flexibility index (Phi) is 2.80. The highest BCUT2D eigenvalue weighted by molar-refractivity contribution is 5.29. The quantitative estimate of drug-likeness (QED) is 0.868. The van der Waals surface area contributed by atoms with Gasteiger partial charge in [0.05, 0.1) is 6.10 Å². The summed E-state index contributed by atoms with van der Waals surface area (Å²) in [5, 5.41) is 8.98. The second-order valence-electron chi connectivity index (χ2n) is 3.83. The van der Waals surface area contributed by atoms with Crippen LogP contribution in [0.3, 0.4) is 0 Å². The standard InChI is InChI=1S/C11H11F3O2/c12-11(13,14)10(15)7-1-3-8(4-2-7)16-9-5-6-9/h1-4,9-10,15H,5-6H2. The first-order chi connectivity index (χ1) is 7.47. The molecular formula is C11H11F3O2. The molecule has 1 aromatic carbocycles. The molecule has 5 heteroatoms. The van der Waals surface area contributed by atoms with Crippen LogP contribution in [0, 0.1) is 0 Å². The zero-order chi connectivity index (χ0) is 11.8. The van der Waals surface area contributed by atoms with Crippen LogP contribution in [-0.4, -0.2) is 17.4 Å². The fourth-order valence-corrected chi connectivity index (χ4v) is 1.30. The lowest BCUT2D eigenvalue weighted by Crippen LogP contribution is -2.20. The van der Waals surface area contributed by atoms with Crippen molar-refractivity contribution in [3.8, 4) is 5.75 Å². The molecule has 0 saturated heterocycles. The number of alkyl halides is 3. The highest BCUT2D eigenvalue weighted by Crippen LogP contribution is 2.33. The van der Waals surface area contributed by atoms with Crippen molar-refractivity contribution in [3.05, 3.63) is 29.8 Å². The molecule has 0 heterocycles. The van der Waals surface area contributed by atoms with E-state index in [1.165, 1.54) is 24.3 Å². The first-order valence-corrected chi connectivity index (χ1v) is 4.98. The minimum atomic E-state index is -4.63. The Morgan fingerprint density at radius 3 is 2.19 bits per heavy atom. The van der Waals surface area contributed by atoms with Crippen LogP contribution in [0.4, 0.5) is 13.2 Å². The number of aliphatic hydroxyl groups is 1. The van der Waals surface area contributed by atoms with Gasteiger partial charge in [0.25, 0.3) is 0 Å². The van der Waals surface area contributed by atoms with Crippen LogP contribution in [-0.2, 0) is 0 Å². The summed E-state index contributed by atoms with van der Waals surface area (Å²) in [5.74, 6) is 0.542. The monoisotopic (exact) mass is 232 g/mol. The van der Waals surface area contributed by atoms with E-state index in [0.29, 0.717) is 5.75 Å². The fraction of sp³-hybridized carbons (Fsp3) is 0.455. The predicted octanol–water partition coefficient (Wildman–Crippen LogP) is 2.82. The van der Waals surface area contributed by atoms with E-state index in [4.69, 9.17) is 9.84 Å². The molecule has 16 heavy (non-hydrogen) atoms. The number of aliphatic hydroxyl groups excluding tert-OH is 1. The lowest BCUT2D eigenvalue weighted by molar-refractivity contribution is -0.206. The zero-order valence-corrected chi connectivity index (χ0v) is 8.37. The predicted molar refractivity (Wildman–Crippen MR) is 51.1 cm³/mol. The van der Waals surface area contributed by atoms with Crippen molar-refractivity contribution in [1.82, 2.24) is 0 Å². The van der Waals surface area contributed by atoms with Crippen LogP contribution in [0.15, 0.2) is 24.3 Å². The number of hydrogen-bond acceptors (Lipinski definition) is 2. The van der Waals surface area contributed by atoms with Gasteiger partial charge in [0.1, 0.15) is 5.75 Å². The van der Waals surface area contributed by atoms with E-state index in [1.807, 2.05) is 0 Å². The normalized spacial score (nSPS) is 18.2. The molecule has 2 rings (SSSR count). The van der Waals surface area contributed by atoms with Gasteiger partial charge in [-0.2, -0.15) is 13.2 Å². The van der Waals surface area contributed by atoms with Crippen molar-refractivity contribution in [2.75, 3.05) is 0 Å². The van der Waals surface area contributed by atoms with Crippen LogP contribution in [0.25, 0.3) is 0 Å². The summed E-state index contributed by atoms with van der Waals surface area (Å²) in [6.45, 7) is 0. The van der Waals surface area contributed by atoms with Crippen LogP contribution in [0.1, 0.15) is 24.5 Å². The van der Waals surface area contributed by atoms with E-state index in [-0.39, 0.29) is 11.7 Å². The maximum absolute atomic E-state index is 12.2. The first kappa shape index (κ1) is 11.3. The van der Waals surface area contributed by atoms with Gasteiger partial charge in [-0.3, -0.25) is 0 Å².